The lowest BCUT2D eigenvalue weighted by Crippen LogP contribution is -2.50. The standard InChI is InChI=1S/C9H8ClI2NO/c10-5-1-7(11)9(8(12)2-5)14-6-3-13-4-6/h1-2,6,13H,3-4H2. The van der Waals surface area contributed by atoms with Gasteiger partial charge in [-0.25, -0.2) is 0 Å². The van der Waals surface area contributed by atoms with Gasteiger partial charge in [-0.15, -0.1) is 0 Å². The van der Waals surface area contributed by atoms with E-state index >= 15 is 0 Å². The van der Waals surface area contributed by atoms with Gasteiger partial charge in [0.1, 0.15) is 11.9 Å². The highest BCUT2D eigenvalue weighted by atomic mass is 127. The van der Waals surface area contributed by atoms with Crippen LogP contribution in [0.25, 0.3) is 0 Å². The summed E-state index contributed by atoms with van der Waals surface area (Å²) in [5.74, 6) is 0.960. The second-order valence-electron chi connectivity index (χ2n) is 3.10. The molecule has 1 aromatic carbocycles. The molecule has 5 heteroatoms. The highest BCUT2D eigenvalue weighted by Gasteiger charge is 2.20. The van der Waals surface area contributed by atoms with Crippen molar-refractivity contribution < 1.29 is 4.74 Å². The molecular formula is C9H8ClI2NO. The normalized spacial score (nSPS) is 16.5. The SMILES string of the molecule is Clc1cc(I)c(OC2CNC2)c(I)c1. The average molecular weight is 435 g/mol. The van der Waals surface area contributed by atoms with Crippen molar-refractivity contribution in [3.05, 3.63) is 24.3 Å². The van der Waals surface area contributed by atoms with E-state index < -0.39 is 0 Å². The van der Waals surface area contributed by atoms with Crippen LogP contribution in [0.3, 0.4) is 0 Å². The van der Waals surface area contributed by atoms with Gasteiger partial charge in [0.2, 0.25) is 0 Å². The summed E-state index contributed by atoms with van der Waals surface area (Å²) in [6.45, 7) is 1.88. The highest BCUT2D eigenvalue weighted by Crippen LogP contribution is 2.31. The molecule has 0 spiro atoms. The fourth-order valence-electron chi connectivity index (χ4n) is 1.15. The number of nitrogens with one attached hydrogen (secondary N) is 1. The summed E-state index contributed by atoms with van der Waals surface area (Å²) in [7, 11) is 0. The van der Waals surface area contributed by atoms with E-state index in [0.717, 1.165) is 31.0 Å². The van der Waals surface area contributed by atoms with Gasteiger partial charge in [0.25, 0.3) is 0 Å². The van der Waals surface area contributed by atoms with Crippen LogP contribution in [0, 0.1) is 7.14 Å². The number of halogens is 3. The van der Waals surface area contributed by atoms with E-state index in [1.54, 1.807) is 0 Å². The molecule has 1 aliphatic rings. The lowest BCUT2D eigenvalue weighted by molar-refractivity contribution is 0.140. The summed E-state index contributed by atoms with van der Waals surface area (Å²) in [6.07, 6.45) is 0.318. The van der Waals surface area contributed by atoms with Crippen LogP contribution in [0.15, 0.2) is 12.1 Å². The minimum absolute atomic E-state index is 0.318. The van der Waals surface area contributed by atoms with Crippen LogP contribution in [-0.2, 0) is 0 Å². The zero-order valence-electron chi connectivity index (χ0n) is 7.19. The molecule has 14 heavy (non-hydrogen) atoms. The predicted octanol–water partition coefficient (Wildman–Crippen LogP) is 2.90. The predicted molar refractivity (Wildman–Crippen MR) is 74.2 cm³/mol. The van der Waals surface area contributed by atoms with E-state index in [9.17, 15) is 0 Å². The van der Waals surface area contributed by atoms with Gasteiger partial charge in [0.15, 0.2) is 0 Å². The van der Waals surface area contributed by atoms with E-state index in [4.69, 9.17) is 16.3 Å². The zero-order chi connectivity index (χ0) is 10.1. The molecule has 2 rings (SSSR count). The van der Waals surface area contributed by atoms with Crippen LogP contribution in [0.4, 0.5) is 0 Å². The van der Waals surface area contributed by atoms with Gasteiger partial charge in [-0.05, 0) is 57.3 Å². The molecule has 0 aliphatic carbocycles. The summed E-state index contributed by atoms with van der Waals surface area (Å²) >= 11 is 10.4. The number of hydrogen-bond donors (Lipinski definition) is 1. The molecule has 0 saturated carbocycles. The first-order valence-electron chi connectivity index (χ1n) is 4.19. The van der Waals surface area contributed by atoms with Crippen molar-refractivity contribution >= 4 is 56.8 Å². The maximum Gasteiger partial charge on any atom is 0.146 e. The van der Waals surface area contributed by atoms with Crippen molar-refractivity contribution in [3.63, 3.8) is 0 Å². The second kappa shape index (κ2) is 4.71. The van der Waals surface area contributed by atoms with Crippen LogP contribution in [0.1, 0.15) is 0 Å². The number of ether oxygens (including phenoxy) is 1. The second-order valence-corrected chi connectivity index (χ2v) is 5.86. The van der Waals surface area contributed by atoms with Gasteiger partial charge in [0.05, 0.1) is 7.14 Å². The minimum atomic E-state index is 0.318. The van der Waals surface area contributed by atoms with E-state index in [2.05, 4.69) is 50.5 Å². The molecular weight excluding hydrogens is 427 g/mol. The van der Waals surface area contributed by atoms with Crippen molar-refractivity contribution in [2.45, 2.75) is 6.10 Å². The molecule has 76 valence electrons. The molecule has 0 radical (unpaired) electrons. The van der Waals surface area contributed by atoms with Crippen LogP contribution in [0.5, 0.6) is 5.75 Å². The first kappa shape index (κ1) is 11.2. The lowest BCUT2D eigenvalue weighted by Gasteiger charge is -2.28. The molecule has 1 N–H and O–H groups in total. The molecule has 1 saturated heterocycles. The number of benzene rings is 1. The zero-order valence-corrected chi connectivity index (χ0v) is 12.3. The summed E-state index contributed by atoms with van der Waals surface area (Å²) < 4.78 is 7.98. The molecule has 1 aromatic rings. The Labute approximate surface area is 115 Å². The third-order valence-corrected chi connectivity index (χ3v) is 3.81. The molecule has 0 amide bonds. The monoisotopic (exact) mass is 435 g/mol. The fraction of sp³-hybridized carbons (Fsp3) is 0.333. The Balaban J connectivity index is 2.22. The Kier molecular flexibility index (Phi) is 3.78. The van der Waals surface area contributed by atoms with Gasteiger partial charge in [-0.3, -0.25) is 0 Å². The number of rotatable bonds is 2. The van der Waals surface area contributed by atoms with E-state index in [1.807, 2.05) is 12.1 Å². The van der Waals surface area contributed by atoms with Gasteiger partial charge >= 0.3 is 0 Å². The molecule has 0 aromatic heterocycles. The summed E-state index contributed by atoms with van der Waals surface area (Å²) in [5.41, 5.74) is 0. The van der Waals surface area contributed by atoms with Gasteiger partial charge in [-0.2, -0.15) is 0 Å². The first-order chi connectivity index (χ1) is 6.66. The van der Waals surface area contributed by atoms with E-state index in [0.29, 0.717) is 6.10 Å². The molecule has 0 bridgehead atoms. The largest absolute Gasteiger partial charge is 0.486 e. The maximum atomic E-state index is 5.93. The van der Waals surface area contributed by atoms with Crippen molar-refractivity contribution in [1.82, 2.24) is 5.32 Å². The van der Waals surface area contributed by atoms with Gasteiger partial charge in [0, 0.05) is 18.1 Å². The number of hydrogen-bond acceptors (Lipinski definition) is 2. The highest BCUT2D eigenvalue weighted by molar-refractivity contribution is 14.1. The fourth-order valence-corrected chi connectivity index (χ4v) is 3.76. The summed E-state index contributed by atoms with van der Waals surface area (Å²) in [5, 5.41) is 3.94. The third-order valence-electron chi connectivity index (χ3n) is 1.99. The van der Waals surface area contributed by atoms with Crippen LogP contribution in [0.2, 0.25) is 5.02 Å². The van der Waals surface area contributed by atoms with Crippen molar-refractivity contribution in [3.8, 4) is 5.75 Å². The van der Waals surface area contributed by atoms with Gasteiger partial charge in [-0.1, -0.05) is 11.6 Å². The van der Waals surface area contributed by atoms with Gasteiger partial charge < -0.3 is 10.1 Å². The Morgan fingerprint density at radius 1 is 1.29 bits per heavy atom. The van der Waals surface area contributed by atoms with Crippen molar-refractivity contribution in [2.24, 2.45) is 0 Å². The minimum Gasteiger partial charge on any atom is -0.486 e. The quantitative estimate of drug-likeness (QED) is 0.722. The smallest absolute Gasteiger partial charge is 0.146 e. The molecule has 0 unspecified atom stereocenters. The average Bonchev–Trinajstić information content (AvgIpc) is 1.98. The molecule has 2 nitrogen and oxygen atoms in total. The van der Waals surface area contributed by atoms with Crippen LogP contribution >= 0.6 is 56.8 Å². The third kappa shape index (κ3) is 2.45. The molecule has 1 aliphatic heterocycles. The molecule has 0 atom stereocenters. The van der Waals surface area contributed by atoms with E-state index in [-0.39, 0.29) is 0 Å². The van der Waals surface area contributed by atoms with E-state index in [1.165, 1.54) is 0 Å². The van der Waals surface area contributed by atoms with Crippen molar-refractivity contribution in [1.29, 1.82) is 0 Å². The topological polar surface area (TPSA) is 21.3 Å². The van der Waals surface area contributed by atoms with Crippen molar-refractivity contribution in [2.75, 3.05) is 13.1 Å². The summed E-state index contributed by atoms with van der Waals surface area (Å²) in [4.78, 5) is 0. The maximum absolute atomic E-state index is 5.93. The molecule has 1 fully saturated rings. The lowest BCUT2D eigenvalue weighted by atomic mass is 10.2. The summed E-state index contributed by atoms with van der Waals surface area (Å²) in [6, 6.07) is 3.84. The Morgan fingerprint density at radius 2 is 1.86 bits per heavy atom. The van der Waals surface area contributed by atoms with Crippen LogP contribution < -0.4 is 10.1 Å². The first-order valence-corrected chi connectivity index (χ1v) is 6.72. The Bertz CT molecular complexity index is 332. The Hall–Kier alpha value is 0.730. The van der Waals surface area contributed by atoms with Crippen LogP contribution in [-0.4, -0.2) is 19.2 Å². The Morgan fingerprint density at radius 3 is 2.29 bits per heavy atom. The molecule has 1 heterocycles.